The van der Waals surface area contributed by atoms with Gasteiger partial charge in [-0.2, -0.15) is 0 Å². The third kappa shape index (κ3) is 3.05. The molecule has 0 spiro atoms. The van der Waals surface area contributed by atoms with E-state index in [1.54, 1.807) is 7.11 Å². The number of aromatic nitrogens is 1. The molecule has 4 nitrogen and oxygen atoms in total. The average Bonchev–Trinajstić information content (AvgIpc) is 3.24. The lowest BCUT2D eigenvalue weighted by molar-refractivity contribution is -0.110. The van der Waals surface area contributed by atoms with Crippen LogP contribution in [0, 0.1) is 6.92 Å². The summed E-state index contributed by atoms with van der Waals surface area (Å²) in [5.41, 5.74) is 9.83. The fourth-order valence-electron chi connectivity index (χ4n) is 4.47. The number of ether oxygens (including phenoxy) is 1. The zero-order valence-corrected chi connectivity index (χ0v) is 16.8. The largest absolute Gasteiger partial charge is 0.497 e. The summed E-state index contributed by atoms with van der Waals surface area (Å²) in [6.07, 6.45) is 6.74. The van der Waals surface area contributed by atoms with E-state index in [1.807, 2.05) is 42.5 Å². The van der Waals surface area contributed by atoms with Gasteiger partial charge in [0.05, 0.1) is 12.7 Å². The van der Waals surface area contributed by atoms with E-state index in [9.17, 15) is 4.79 Å². The Hall–Kier alpha value is -3.27. The van der Waals surface area contributed by atoms with Crippen LogP contribution in [0.15, 0.2) is 42.5 Å². The Morgan fingerprint density at radius 3 is 2.52 bits per heavy atom. The Kier molecular flexibility index (Phi) is 4.27. The predicted molar refractivity (Wildman–Crippen MR) is 117 cm³/mol. The molecule has 5 rings (SSSR count). The number of amides is 1. The summed E-state index contributed by atoms with van der Waals surface area (Å²) >= 11 is 0. The third-order valence-corrected chi connectivity index (χ3v) is 6.12. The van der Waals surface area contributed by atoms with Crippen molar-refractivity contribution in [3.8, 4) is 16.9 Å². The lowest BCUT2D eigenvalue weighted by Crippen LogP contribution is -2.03. The van der Waals surface area contributed by atoms with E-state index in [0.29, 0.717) is 0 Å². The van der Waals surface area contributed by atoms with Crippen molar-refractivity contribution >= 4 is 23.2 Å². The van der Waals surface area contributed by atoms with Crippen LogP contribution in [0.4, 0.5) is 5.69 Å². The first-order chi connectivity index (χ1) is 14.1. The molecule has 2 heterocycles. The number of carbonyl (C=O) groups is 1. The number of methoxy groups -OCH3 is 1. The average molecular weight is 384 g/mol. The van der Waals surface area contributed by atoms with Gasteiger partial charge in [0.15, 0.2) is 0 Å². The molecule has 0 radical (unpaired) electrons. The summed E-state index contributed by atoms with van der Waals surface area (Å²) < 4.78 is 5.24. The molecule has 0 unspecified atom stereocenters. The fraction of sp³-hybridized carbons (Fsp3) is 0.240. The number of fused-ring (bicyclic) bond motifs is 2. The molecule has 1 aliphatic heterocycles. The maximum absolute atomic E-state index is 12.7. The molecular weight excluding hydrogens is 360 g/mol. The van der Waals surface area contributed by atoms with Gasteiger partial charge in [0.25, 0.3) is 5.91 Å². The minimum Gasteiger partial charge on any atom is -0.497 e. The Morgan fingerprint density at radius 1 is 1.00 bits per heavy atom. The molecule has 3 aromatic rings. The summed E-state index contributed by atoms with van der Waals surface area (Å²) in [5, 5.41) is 3.04. The quantitative estimate of drug-likeness (QED) is 0.597. The van der Waals surface area contributed by atoms with Gasteiger partial charge in [-0.1, -0.05) is 24.3 Å². The van der Waals surface area contributed by atoms with E-state index >= 15 is 0 Å². The maximum atomic E-state index is 12.7. The van der Waals surface area contributed by atoms with Crippen LogP contribution in [0.25, 0.3) is 22.8 Å². The van der Waals surface area contributed by atoms with Crippen LogP contribution < -0.4 is 10.1 Å². The number of aromatic amines is 1. The van der Waals surface area contributed by atoms with Crippen molar-refractivity contribution in [2.75, 3.05) is 12.4 Å². The van der Waals surface area contributed by atoms with Gasteiger partial charge in [-0.05, 0) is 79.1 Å². The number of hydrogen-bond acceptors (Lipinski definition) is 2. The van der Waals surface area contributed by atoms with Crippen molar-refractivity contribution in [3.05, 3.63) is 70.5 Å². The second kappa shape index (κ2) is 6.96. The van der Waals surface area contributed by atoms with Crippen LogP contribution in [0.2, 0.25) is 0 Å². The molecule has 2 aliphatic rings. The molecular formula is C25H24N2O2. The van der Waals surface area contributed by atoms with Gasteiger partial charge in [0.2, 0.25) is 0 Å². The van der Waals surface area contributed by atoms with E-state index < -0.39 is 0 Å². The van der Waals surface area contributed by atoms with Crippen molar-refractivity contribution in [2.24, 2.45) is 0 Å². The first-order valence-corrected chi connectivity index (χ1v) is 10.2. The highest BCUT2D eigenvalue weighted by Gasteiger charge is 2.26. The second-order valence-electron chi connectivity index (χ2n) is 7.83. The molecule has 0 atom stereocenters. The Balaban J connectivity index is 1.51. The molecule has 1 aliphatic carbocycles. The van der Waals surface area contributed by atoms with E-state index in [1.165, 1.54) is 29.7 Å². The lowest BCUT2D eigenvalue weighted by atomic mass is 9.94. The summed E-state index contributed by atoms with van der Waals surface area (Å²) in [4.78, 5) is 16.3. The van der Waals surface area contributed by atoms with Crippen molar-refractivity contribution < 1.29 is 9.53 Å². The number of carbonyl (C=O) groups excluding carboxylic acids is 1. The fourth-order valence-corrected chi connectivity index (χ4v) is 4.47. The molecule has 2 aromatic carbocycles. The number of rotatable bonds is 3. The van der Waals surface area contributed by atoms with Crippen LogP contribution in [0.5, 0.6) is 5.75 Å². The van der Waals surface area contributed by atoms with E-state index in [4.69, 9.17) is 4.74 Å². The molecule has 0 fully saturated rings. The van der Waals surface area contributed by atoms with Gasteiger partial charge in [-0.25, -0.2) is 0 Å². The minimum atomic E-state index is -0.0427. The van der Waals surface area contributed by atoms with Crippen molar-refractivity contribution in [1.29, 1.82) is 0 Å². The lowest BCUT2D eigenvalue weighted by Gasteiger charge is -2.10. The third-order valence-electron chi connectivity index (χ3n) is 6.12. The van der Waals surface area contributed by atoms with E-state index in [0.717, 1.165) is 52.2 Å². The Morgan fingerprint density at radius 2 is 1.76 bits per heavy atom. The van der Waals surface area contributed by atoms with Crippen LogP contribution in [-0.2, 0) is 17.6 Å². The van der Waals surface area contributed by atoms with Crippen molar-refractivity contribution in [1.82, 2.24) is 4.98 Å². The highest BCUT2D eigenvalue weighted by Crippen LogP contribution is 2.37. The van der Waals surface area contributed by atoms with Crippen molar-refractivity contribution in [3.63, 3.8) is 0 Å². The van der Waals surface area contributed by atoms with Gasteiger partial charge in [0.1, 0.15) is 5.75 Å². The minimum absolute atomic E-state index is 0.0427. The number of benzene rings is 2. The second-order valence-corrected chi connectivity index (χ2v) is 7.83. The first-order valence-electron chi connectivity index (χ1n) is 10.2. The summed E-state index contributed by atoms with van der Waals surface area (Å²) in [5.74, 6) is 0.788. The molecule has 146 valence electrons. The van der Waals surface area contributed by atoms with Crippen LogP contribution in [0.1, 0.15) is 40.9 Å². The smallest absolute Gasteiger partial charge is 0.256 e. The van der Waals surface area contributed by atoms with Crippen molar-refractivity contribution in [2.45, 2.75) is 32.6 Å². The molecule has 0 saturated heterocycles. The highest BCUT2D eigenvalue weighted by molar-refractivity contribution is 6.35. The normalized spacial score (nSPS) is 16.5. The Bertz CT molecular complexity index is 1140. The topological polar surface area (TPSA) is 54.1 Å². The number of H-pyrrole nitrogens is 1. The molecule has 4 heteroatoms. The SMILES string of the molecule is COc1ccc(-c2ccc3c(c2)NC(=O)C3=Cc2[nH]c3c(c2C)CCCC3)cc1. The zero-order chi connectivity index (χ0) is 20.0. The van der Waals surface area contributed by atoms with Gasteiger partial charge in [-0.3, -0.25) is 4.79 Å². The summed E-state index contributed by atoms with van der Waals surface area (Å²) in [6.45, 7) is 2.16. The standard InChI is InChI=1S/C25H24N2O2/c1-15-19-5-3-4-6-22(19)26-23(15)14-21-20-12-9-17(13-24(20)27-25(21)28)16-7-10-18(29-2)11-8-16/h7-14,26H,3-6H2,1-2H3,(H,27,28). The van der Waals surface area contributed by atoms with Gasteiger partial charge >= 0.3 is 0 Å². The number of anilines is 1. The molecule has 1 aromatic heterocycles. The number of aryl methyl sites for hydroxylation is 1. The number of nitrogens with one attached hydrogen (secondary N) is 2. The first kappa shape index (κ1) is 17.8. The molecule has 2 N–H and O–H groups in total. The van der Waals surface area contributed by atoms with Gasteiger partial charge in [-0.15, -0.1) is 0 Å². The van der Waals surface area contributed by atoms with Gasteiger partial charge < -0.3 is 15.0 Å². The molecule has 1 amide bonds. The molecule has 0 saturated carbocycles. The molecule has 0 bridgehead atoms. The van der Waals surface area contributed by atoms with E-state index in [-0.39, 0.29) is 5.91 Å². The predicted octanol–water partition coefficient (Wildman–Crippen LogP) is 5.37. The summed E-state index contributed by atoms with van der Waals surface area (Å²) in [6, 6.07) is 14.1. The van der Waals surface area contributed by atoms with Gasteiger partial charge in [0, 0.05) is 22.6 Å². The van der Waals surface area contributed by atoms with E-state index in [2.05, 4.69) is 23.3 Å². The van der Waals surface area contributed by atoms with Crippen LogP contribution in [-0.4, -0.2) is 18.0 Å². The highest BCUT2D eigenvalue weighted by atomic mass is 16.5. The monoisotopic (exact) mass is 384 g/mol. The van der Waals surface area contributed by atoms with Crippen LogP contribution >= 0.6 is 0 Å². The zero-order valence-electron chi connectivity index (χ0n) is 16.8. The summed E-state index contributed by atoms with van der Waals surface area (Å²) in [7, 11) is 1.66. The number of hydrogen-bond donors (Lipinski definition) is 2. The van der Waals surface area contributed by atoms with Crippen LogP contribution in [0.3, 0.4) is 0 Å². The Labute approximate surface area is 170 Å². The molecule has 29 heavy (non-hydrogen) atoms. The maximum Gasteiger partial charge on any atom is 0.256 e.